The van der Waals surface area contributed by atoms with E-state index in [2.05, 4.69) is 53.5 Å². The van der Waals surface area contributed by atoms with Crippen LogP contribution in [0.3, 0.4) is 0 Å². The van der Waals surface area contributed by atoms with Gasteiger partial charge in [-0.25, -0.2) is 0 Å². The van der Waals surface area contributed by atoms with E-state index in [1.165, 1.54) is 16.3 Å². The molecule has 4 heteroatoms. The lowest BCUT2D eigenvalue weighted by Gasteiger charge is -2.25. The Labute approximate surface area is 159 Å². The van der Waals surface area contributed by atoms with Gasteiger partial charge < -0.3 is 5.32 Å². The molecule has 0 aromatic heterocycles. The lowest BCUT2D eigenvalue weighted by atomic mass is 10.0. The van der Waals surface area contributed by atoms with Crippen LogP contribution in [0.25, 0.3) is 10.8 Å². The van der Waals surface area contributed by atoms with Gasteiger partial charge in [-0.15, -0.1) is 11.8 Å². The second kappa shape index (κ2) is 8.39. The first-order valence-electron chi connectivity index (χ1n) is 8.70. The molecular formula is C22H24N2OS. The molecule has 3 nitrogen and oxygen atoms in total. The molecule has 3 aromatic carbocycles. The van der Waals surface area contributed by atoms with Crippen molar-refractivity contribution >= 4 is 34.1 Å². The summed E-state index contributed by atoms with van der Waals surface area (Å²) in [4.78, 5) is 15.6. The third kappa shape index (κ3) is 4.26. The zero-order valence-corrected chi connectivity index (χ0v) is 16.2. The lowest BCUT2D eigenvalue weighted by Crippen LogP contribution is -2.32. The Morgan fingerprint density at radius 1 is 1.04 bits per heavy atom. The molecule has 1 amide bonds. The van der Waals surface area contributed by atoms with Gasteiger partial charge in [0.25, 0.3) is 0 Å². The molecular weight excluding hydrogens is 340 g/mol. The maximum Gasteiger partial charge on any atom is 0.238 e. The van der Waals surface area contributed by atoms with Crippen molar-refractivity contribution in [3.05, 3.63) is 72.3 Å². The number of anilines is 1. The Kier molecular flexibility index (Phi) is 5.96. The average Bonchev–Trinajstić information content (AvgIpc) is 2.67. The van der Waals surface area contributed by atoms with Crippen molar-refractivity contribution in [3.63, 3.8) is 0 Å². The van der Waals surface area contributed by atoms with Gasteiger partial charge >= 0.3 is 0 Å². The number of fused-ring (bicyclic) bond motifs is 1. The topological polar surface area (TPSA) is 32.3 Å². The van der Waals surface area contributed by atoms with Crippen molar-refractivity contribution in [2.24, 2.45) is 0 Å². The lowest BCUT2D eigenvalue weighted by molar-refractivity contribution is -0.117. The fraction of sp³-hybridized carbons (Fsp3) is 0.227. The van der Waals surface area contributed by atoms with E-state index in [1.807, 2.05) is 43.6 Å². The van der Waals surface area contributed by atoms with E-state index in [4.69, 9.17) is 0 Å². The van der Waals surface area contributed by atoms with Crippen molar-refractivity contribution in [3.8, 4) is 0 Å². The van der Waals surface area contributed by atoms with Gasteiger partial charge in [0, 0.05) is 10.9 Å². The molecule has 0 aliphatic carbocycles. The van der Waals surface area contributed by atoms with Crippen molar-refractivity contribution in [2.45, 2.75) is 17.9 Å². The van der Waals surface area contributed by atoms with Crippen LogP contribution in [0.4, 0.5) is 5.69 Å². The molecule has 1 N–H and O–H groups in total. The summed E-state index contributed by atoms with van der Waals surface area (Å²) in [5.41, 5.74) is 2.08. The van der Waals surface area contributed by atoms with Crippen LogP contribution < -0.4 is 5.32 Å². The van der Waals surface area contributed by atoms with Crippen molar-refractivity contribution in [1.29, 1.82) is 0 Å². The second-order valence-electron chi connectivity index (χ2n) is 6.45. The summed E-state index contributed by atoms with van der Waals surface area (Å²) in [6, 6.07) is 22.9. The fourth-order valence-electron chi connectivity index (χ4n) is 3.02. The summed E-state index contributed by atoms with van der Waals surface area (Å²) in [7, 11) is 1.99. The minimum absolute atomic E-state index is 0.00152. The first kappa shape index (κ1) is 18.5. The molecule has 0 saturated carbocycles. The summed E-state index contributed by atoms with van der Waals surface area (Å²) < 4.78 is 0. The van der Waals surface area contributed by atoms with Crippen LogP contribution in [0.5, 0.6) is 0 Å². The van der Waals surface area contributed by atoms with E-state index in [1.54, 1.807) is 11.8 Å². The quantitative estimate of drug-likeness (QED) is 0.611. The van der Waals surface area contributed by atoms with E-state index in [-0.39, 0.29) is 11.9 Å². The Morgan fingerprint density at radius 2 is 1.73 bits per heavy atom. The maximum absolute atomic E-state index is 12.5. The van der Waals surface area contributed by atoms with Gasteiger partial charge in [-0.1, -0.05) is 48.5 Å². The van der Waals surface area contributed by atoms with E-state index >= 15 is 0 Å². The molecule has 0 aliphatic heterocycles. The Morgan fingerprint density at radius 3 is 2.50 bits per heavy atom. The largest absolute Gasteiger partial charge is 0.324 e. The molecule has 1 atom stereocenters. The minimum Gasteiger partial charge on any atom is -0.324 e. The molecule has 134 valence electrons. The van der Waals surface area contributed by atoms with Crippen LogP contribution in [0.1, 0.15) is 18.5 Å². The SMILES string of the molecule is CSc1ccccc1NC(=O)CN(C)C(C)c1ccc2ccccc2c1. The molecule has 3 rings (SSSR count). The number of hydrogen-bond acceptors (Lipinski definition) is 3. The van der Waals surface area contributed by atoms with Crippen LogP contribution in [0.15, 0.2) is 71.6 Å². The molecule has 0 radical (unpaired) electrons. The summed E-state index contributed by atoms with van der Waals surface area (Å²) >= 11 is 1.63. The number of benzene rings is 3. The van der Waals surface area contributed by atoms with E-state index in [0.717, 1.165) is 10.6 Å². The predicted molar refractivity (Wildman–Crippen MR) is 112 cm³/mol. The first-order chi connectivity index (χ1) is 12.6. The highest BCUT2D eigenvalue weighted by Gasteiger charge is 2.16. The second-order valence-corrected chi connectivity index (χ2v) is 7.29. The number of hydrogen-bond donors (Lipinski definition) is 1. The minimum atomic E-state index is 0.00152. The van der Waals surface area contributed by atoms with Gasteiger partial charge in [-0.05, 0) is 54.8 Å². The van der Waals surface area contributed by atoms with Gasteiger partial charge in [0.05, 0.1) is 12.2 Å². The Bertz CT molecular complexity index is 909. The third-order valence-electron chi connectivity index (χ3n) is 4.69. The fourth-order valence-corrected chi connectivity index (χ4v) is 3.58. The number of rotatable bonds is 6. The van der Waals surface area contributed by atoms with Crippen LogP contribution in [0.2, 0.25) is 0 Å². The van der Waals surface area contributed by atoms with Gasteiger partial charge in [0.15, 0.2) is 0 Å². The average molecular weight is 365 g/mol. The predicted octanol–water partition coefficient (Wildman–Crippen LogP) is 5.19. The smallest absolute Gasteiger partial charge is 0.238 e. The number of para-hydroxylation sites is 1. The molecule has 0 fully saturated rings. The molecule has 0 bridgehead atoms. The molecule has 0 heterocycles. The number of nitrogens with zero attached hydrogens (tertiary/aromatic N) is 1. The Balaban J connectivity index is 1.67. The van der Waals surface area contributed by atoms with E-state index < -0.39 is 0 Å². The van der Waals surface area contributed by atoms with Gasteiger partial charge in [0.2, 0.25) is 5.91 Å². The highest BCUT2D eigenvalue weighted by molar-refractivity contribution is 7.98. The Hall–Kier alpha value is -2.30. The summed E-state index contributed by atoms with van der Waals surface area (Å²) in [5, 5.41) is 5.49. The van der Waals surface area contributed by atoms with Crippen molar-refractivity contribution in [2.75, 3.05) is 25.2 Å². The maximum atomic E-state index is 12.5. The van der Waals surface area contributed by atoms with Gasteiger partial charge in [0.1, 0.15) is 0 Å². The number of amides is 1. The molecule has 0 saturated heterocycles. The number of carbonyl (C=O) groups excluding carboxylic acids is 1. The number of thioether (sulfide) groups is 1. The van der Waals surface area contributed by atoms with Crippen LogP contribution in [-0.2, 0) is 4.79 Å². The van der Waals surface area contributed by atoms with Gasteiger partial charge in [-0.3, -0.25) is 9.69 Å². The normalized spacial score (nSPS) is 12.3. The zero-order valence-electron chi connectivity index (χ0n) is 15.4. The number of nitrogens with one attached hydrogen (secondary N) is 1. The summed E-state index contributed by atoms with van der Waals surface area (Å²) in [6.07, 6.45) is 2.01. The summed E-state index contributed by atoms with van der Waals surface area (Å²) in [5.74, 6) is 0.00152. The molecule has 0 aliphatic rings. The van der Waals surface area contributed by atoms with Crippen LogP contribution >= 0.6 is 11.8 Å². The molecule has 0 spiro atoms. The zero-order chi connectivity index (χ0) is 18.5. The van der Waals surface area contributed by atoms with E-state index in [9.17, 15) is 4.79 Å². The monoisotopic (exact) mass is 364 g/mol. The third-order valence-corrected chi connectivity index (χ3v) is 5.49. The molecule has 1 unspecified atom stereocenters. The molecule has 26 heavy (non-hydrogen) atoms. The number of likely N-dealkylation sites (N-methyl/N-ethyl adjacent to an activating group) is 1. The van der Waals surface area contributed by atoms with Crippen LogP contribution in [0, 0.1) is 0 Å². The van der Waals surface area contributed by atoms with E-state index in [0.29, 0.717) is 6.54 Å². The molecule has 3 aromatic rings. The van der Waals surface area contributed by atoms with Crippen molar-refractivity contribution < 1.29 is 4.79 Å². The standard InChI is InChI=1S/C22H24N2OS/c1-16(18-13-12-17-8-4-5-9-19(17)14-18)24(2)15-22(25)23-20-10-6-7-11-21(20)26-3/h4-14,16H,15H2,1-3H3,(H,23,25). The number of carbonyl (C=O) groups is 1. The van der Waals surface area contributed by atoms with Crippen LogP contribution in [-0.4, -0.2) is 30.7 Å². The summed E-state index contributed by atoms with van der Waals surface area (Å²) in [6.45, 7) is 2.48. The highest BCUT2D eigenvalue weighted by Crippen LogP contribution is 2.26. The first-order valence-corrected chi connectivity index (χ1v) is 9.93. The van der Waals surface area contributed by atoms with Crippen molar-refractivity contribution in [1.82, 2.24) is 4.90 Å². The van der Waals surface area contributed by atoms with Gasteiger partial charge in [-0.2, -0.15) is 0 Å². The highest BCUT2D eigenvalue weighted by atomic mass is 32.2.